The Morgan fingerprint density at radius 2 is 1.62 bits per heavy atom. The highest BCUT2D eigenvalue weighted by Gasteiger charge is 2.26. The van der Waals surface area contributed by atoms with E-state index >= 15 is 0 Å². The molecule has 4 aromatic rings. The van der Waals surface area contributed by atoms with Crippen LogP contribution in [0.2, 0.25) is 0 Å². The number of anilines is 1. The molecular formula is C25H26N4O2S. The van der Waals surface area contributed by atoms with Gasteiger partial charge in [-0.15, -0.1) is 0 Å². The van der Waals surface area contributed by atoms with Gasteiger partial charge in [-0.3, -0.25) is 0 Å². The van der Waals surface area contributed by atoms with Crippen molar-refractivity contribution in [1.29, 1.82) is 0 Å². The van der Waals surface area contributed by atoms with Gasteiger partial charge < -0.3 is 5.32 Å². The molecule has 0 aliphatic heterocycles. The molecule has 1 N–H and O–H groups in total. The molecule has 1 aliphatic rings. The SMILES string of the molecule is Cc1ccc(S(=O)(=O)n2c(C)cc3c(NC4CCCC4)nc(-c4ccccc4)nc32)cc1. The normalized spacial score (nSPS) is 14.8. The molecule has 0 amide bonds. The summed E-state index contributed by atoms with van der Waals surface area (Å²) < 4.78 is 28.6. The van der Waals surface area contributed by atoms with E-state index in [9.17, 15) is 8.42 Å². The lowest BCUT2D eigenvalue weighted by Crippen LogP contribution is -2.17. The summed E-state index contributed by atoms with van der Waals surface area (Å²) in [4.78, 5) is 9.81. The predicted octanol–water partition coefficient (Wildman–Crippen LogP) is 5.31. The molecule has 2 heterocycles. The van der Waals surface area contributed by atoms with Crippen LogP contribution in [0.4, 0.5) is 5.82 Å². The number of fused-ring (bicyclic) bond motifs is 1. The number of nitrogens with one attached hydrogen (secondary N) is 1. The topological polar surface area (TPSA) is 76.9 Å². The minimum absolute atomic E-state index is 0.244. The van der Waals surface area contributed by atoms with E-state index in [4.69, 9.17) is 9.97 Å². The summed E-state index contributed by atoms with van der Waals surface area (Å²) in [6.45, 7) is 3.74. The Labute approximate surface area is 188 Å². The van der Waals surface area contributed by atoms with Gasteiger partial charge in [0.05, 0.1) is 10.3 Å². The van der Waals surface area contributed by atoms with E-state index < -0.39 is 10.0 Å². The minimum Gasteiger partial charge on any atom is -0.367 e. The summed E-state index contributed by atoms with van der Waals surface area (Å²) >= 11 is 0. The number of hydrogen-bond donors (Lipinski definition) is 1. The molecule has 0 spiro atoms. The minimum atomic E-state index is -3.81. The Morgan fingerprint density at radius 3 is 2.31 bits per heavy atom. The summed E-state index contributed by atoms with van der Waals surface area (Å²) in [5, 5.41) is 4.30. The van der Waals surface area contributed by atoms with Gasteiger partial charge >= 0.3 is 0 Å². The van der Waals surface area contributed by atoms with Gasteiger partial charge in [-0.2, -0.15) is 0 Å². The first kappa shape index (κ1) is 20.7. The number of benzene rings is 2. The number of rotatable bonds is 5. The second-order valence-electron chi connectivity index (χ2n) is 8.49. The Kier molecular flexibility index (Phi) is 5.21. The standard InChI is InChI=1S/C25H26N4O2S/c1-17-12-14-21(15-13-17)32(30,31)29-18(2)16-22-24(26-20-10-6-7-11-20)27-23(28-25(22)29)19-8-4-3-5-9-19/h3-5,8-9,12-16,20H,6-7,10-11H2,1-2H3,(H,26,27,28). The fraction of sp³-hybridized carbons (Fsp3) is 0.280. The van der Waals surface area contributed by atoms with Crippen LogP contribution >= 0.6 is 0 Å². The van der Waals surface area contributed by atoms with Crippen LogP contribution in [0.15, 0.2) is 65.6 Å². The molecule has 2 aromatic heterocycles. The average molecular weight is 447 g/mol. The number of aryl methyl sites for hydroxylation is 2. The lowest BCUT2D eigenvalue weighted by Gasteiger charge is -2.15. The van der Waals surface area contributed by atoms with E-state index in [1.807, 2.05) is 55.5 Å². The highest BCUT2D eigenvalue weighted by Crippen LogP contribution is 2.32. The van der Waals surface area contributed by atoms with E-state index in [0.29, 0.717) is 29.0 Å². The third-order valence-corrected chi connectivity index (χ3v) is 7.89. The van der Waals surface area contributed by atoms with Gasteiger partial charge in [-0.1, -0.05) is 60.9 Å². The first-order valence-corrected chi connectivity index (χ1v) is 12.4. The molecule has 0 radical (unpaired) electrons. The van der Waals surface area contributed by atoms with Crippen LogP contribution in [-0.2, 0) is 10.0 Å². The first-order valence-electron chi connectivity index (χ1n) is 11.0. The molecule has 5 rings (SSSR count). The second-order valence-corrected chi connectivity index (χ2v) is 10.3. The fourth-order valence-electron chi connectivity index (χ4n) is 4.39. The van der Waals surface area contributed by atoms with Crippen molar-refractivity contribution in [2.75, 3.05) is 5.32 Å². The molecule has 1 saturated carbocycles. The van der Waals surface area contributed by atoms with E-state index in [-0.39, 0.29) is 4.90 Å². The van der Waals surface area contributed by atoms with Gasteiger partial charge in [0.15, 0.2) is 11.5 Å². The van der Waals surface area contributed by atoms with E-state index in [1.165, 1.54) is 16.8 Å². The first-order chi connectivity index (χ1) is 15.4. The molecule has 0 atom stereocenters. The summed E-state index contributed by atoms with van der Waals surface area (Å²) in [6, 6.07) is 18.8. The smallest absolute Gasteiger partial charge is 0.269 e. The van der Waals surface area contributed by atoms with Crippen LogP contribution < -0.4 is 5.32 Å². The third-order valence-electron chi connectivity index (χ3n) is 6.08. The quantitative estimate of drug-likeness (QED) is 0.450. The number of hydrogen-bond acceptors (Lipinski definition) is 5. The van der Waals surface area contributed by atoms with Crippen molar-refractivity contribution >= 4 is 26.9 Å². The molecule has 0 unspecified atom stereocenters. The van der Waals surface area contributed by atoms with Crippen molar-refractivity contribution in [1.82, 2.24) is 13.9 Å². The second kappa shape index (κ2) is 8.06. The Balaban J connectivity index is 1.73. The Morgan fingerprint density at radius 1 is 0.938 bits per heavy atom. The van der Waals surface area contributed by atoms with E-state index in [0.717, 1.165) is 29.4 Å². The zero-order valence-corrected chi connectivity index (χ0v) is 19.1. The lowest BCUT2D eigenvalue weighted by atomic mass is 10.2. The molecule has 6 nitrogen and oxygen atoms in total. The molecule has 164 valence electrons. The average Bonchev–Trinajstić information content (AvgIpc) is 3.42. The molecule has 0 bridgehead atoms. The number of nitrogens with zero attached hydrogens (tertiary/aromatic N) is 3. The summed E-state index contributed by atoms with van der Waals surface area (Å²) in [6.07, 6.45) is 4.57. The Bertz CT molecular complexity index is 1370. The maximum absolute atomic E-state index is 13.6. The fourth-order valence-corrected chi connectivity index (χ4v) is 5.88. The molecule has 1 aliphatic carbocycles. The van der Waals surface area contributed by atoms with Gasteiger partial charge in [0.2, 0.25) is 0 Å². The zero-order chi connectivity index (χ0) is 22.3. The Hall–Kier alpha value is -3.19. The van der Waals surface area contributed by atoms with Gasteiger partial charge in [-0.25, -0.2) is 22.4 Å². The lowest BCUT2D eigenvalue weighted by molar-refractivity contribution is 0.587. The molecular weight excluding hydrogens is 420 g/mol. The molecule has 1 fully saturated rings. The molecule has 32 heavy (non-hydrogen) atoms. The van der Waals surface area contributed by atoms with E-state index in [2.05, 4.69) is 5.32 Å². The van der Waals surface area contributed by atoms with Crippen LogP contribution in [0.3, 0.4) is 0 Å². The van der Waals surface area contributed by atoms with E-state index in [1.54, 1.807) is 19.1 Å². The molecule has 7 heteroatoms. The number of aromatic nitrogens is 3. The van der Waals surface area contributed by atoms with Crippen LogP contribution in [-0.4, -0.2) is 28.4 Å². The van der Waals surface area contributed by atoms with Crippen molar-refractivity contribution in [3.8, 4) is 11.4 Å². The highest BCUT2D eigenvalue weighted by molar-refractivity contribution is 7.90. The van der Waals surface area contributed by atoms with Crippen molar-refractivity contribution in [2.45, 2.75) is 50.5 Å². The van der Waals surface area contributed by atoms with Crippen molar-refractivity contribution in [3.05, 3.63) is 71.9 Å². The third kappa shape index (κ3) is 3.66. The summed E-state index contributed by atoms with van der Waals surface area (Å²) in [5.41, 5.74) is 2.86. The maximum Gasteiger partial charge on any atom is 0.269 e. The summed E-state index contributed by atoms with van der Waals surface area (Å²) in [5.74, 6) is 1.21. The van der Waals surface area contributed by atoms with Crippen LogP contribution in [0, 0.1) is 13.8 Å². The van der Waals surface area contributed by atoms with Gasteiger partial charge in [0.25, 0.3) is 10.0 Å². The zero-order valence-electron chi connectivity index (χ0n) is 18.2. The highest BCUT2D eigenvalue weighted by atomic mass is 32.2. The van der Waals surface area contributed by atoms with Crippen molar-refractivity contribution in [2.24, 2.45) is 0 Å². The summed E-state index contributed by atoms with van der Waals surface area (Å²) in [7, 11) is -3.81. The monoisotopic (exact) mass is 446 g/mol. The maximum atomic E-state index is 13.6. The molecule has 2 aromatic carbocycles. The van der Waals surface area contributed by atoms with Crippen molar-refractivity contribution in [3.63, 3.8) is 0 Å². The van der Waals surface area contributed by atoms with Crippen LogP contribution in [0.25, 0.3) is 22.4 Å². The largest absolute Gasteiger partial charge is 0.367 e. The van der Waals surface area contributed by atoms with Crippen LogP contribution in [0.1, 0.15) is 36.9 Å². The molecule has 0 saturated heterocycles. The predicted molar refractivity (Wildman–Crippen MR) is 127 cm³/mol. The van der Waals surface area contributed by atoms with Crippen LogP contribution in [0.5, 0.6) is 0 Å². The van der Waals surface area contributed by atoms with Gasteiger partial charge in [-0.05, 0) is 44.9 Å². The van der Waals surface area contributed by atoms with Gasteiger partial charge in [0.1, 0.15) is 5.82 Å². The van der Waals surface area contributed by atoms with Gasteiger partial charge in [0, 0.05) is 17.3 Å². The van der Waals surface area contributed by atoms with Crippen molar-refractivity contribution < 1.29 is 8.42 Å².